The lowest BCUT2D eigenvalue weighted by molar-refractivity contribution is 0.454. The highest BCUT2D eigenvalue weighted by molar-refractivity contribution is 6.99. The third-order valence-corrected chi connectivity index (χ3v) is 10.9. The van der Waals surface area contributed by atoms with Crippen LogP contribution in [0.4, 0.5) is 17.1 Å². The lowest BCUT2D eigenvalue weighted by Gasteiger charge is -2.31. The zero-order valence-corrected chi connectivity index (χ0v) is 32.5. The van der Waals surface area contributed by atoms with Crippen molar-refractivity contribution in [1.82, 2.24) is 0 Å². The smallest absolute Gasteiger partial charge is 0.537 e. The van der Waals surface area contributed by atoms with Gasteiger partial charge in [0.15, 0.2) is 0 Å². The van der Waals surface area contributed by atoms with E-state index in [4.69, 9.17) is 4.65 Å². The molecule has 1 N–H and O–H groups in total. The van der Waals surface area contributed by atoms with Crippen LogP contribution in [0.5, 0.6) is 5.75 Å². The van der Waals surface area contributed by atoms with Gasteiger partial charge in [-0.2, -0.15) is 0 Å². The van der Waals surface area contributed by atoms with Crippen molar-refractivity contribution in [2.45, 2.75) is 52.4 Å². The van der Waals surface area contributed by atoms with E-state index in [0.717, 1.165) is 52.5 Å². The Morgan fingerprint density at radius 2 is 0.982 bits per heavy atom. The maximum Gasteiger partial charge on any atom is 0.569 e. The van der Waals surface area contributed by atoms with Crippen LogP contribution in [0.25, 0.3) is 33.4 Å². The fourth-order valence-electron chi connectivity index (χ4n) is 8.04. The Morgan fingerprint density at radius 1 is 0.491 bits per heavy atom. The Labute approximate surface area is 327 Å². The third-order valence-electron chi connectivity index (χ3n) is 10.9. The number of nitrogens with zero attached hydrogens (tertiary/aromatic N) is 1. The van der Waals surface area contributed by atoms with E-state index in [9.17, 15) is 5.02 Å². The van der Waals surface area contributed by atoms with Crippen molar-refractivity contribution in [3.05, 3.63) is 175 Å². The fraction of sp³-hybridized carbons (Fsp3) is 0.160. The molecule has 0 bridgehead atoms. The van der Waals surface area contributed by atoms with Crippen molar-refractivity contribution < 1.29 is 9.68 Å². The summed E-state index contributed by atoms with van der Waals surface area (Å²) in [6.07, 6.45) is 0. The number of anilines is 3. The molecule has 5 heteroatoms. The van der Waals surface area contributed by atoms with E-state index in [2.05, 4.69) is 204 Å². The third kappa shape index (κ3) is 7.01. The summed E-state index contributed by atoms with van der Waals surface area (Å²) in [6.45, 7) is 13.6. The van der Waals surface area contributed by atoms with E-state index in [1.54, 1.807) is 0 Å². The largest absolute Gasteiger partial charge is 0.569 e. The van der Waals surface area contributed by atoms with Crippen LogP contribution in [0.3, 0.4) is 0 Å². The lowest BCUT2D eigenvalue weighted by Crippen LogP contribution is -2.49. The molecule has 1 aliphatic heterocycles. The van der Waals surface area contributed by atoms with E-state index in [0.29, 0.717) is 5.75 Å². The van der Waals surface area contributed by atoms with Crippen LogP contribution in [0.2, 0.25) is 0 Å². The predicted octanol–water partition coefficient (Wildman–Crippen LogP) is 10.5. The van der Waals surface area contributed by atoms with Gasteiger partial charge in [-0.3, -0.25) is 0 Å². The first-order valence-corrected chi connectivity index (χ1v) is 19.2. The van der Waals surface area contributed by atoms with Gasteiger partial charge in [-0.25, -0.2) is 0 Å². The summed E-state index contributed by atoms with van der Waals surface area (Å²) in [5.41, 5.74) is 16.3. The van der Waals surface area contributed by atoms with Gasteiger partial charge in [-0.1, -0.05) is 191 Å². The van der Waals surface area contributed by atoms with Gasteiger partial charge in [0.2, 0.25) is 6.71 Å². The average molecular weight is 715 g/mol. The first-order chi connectivity index (χ1) is 26.5. The molecule has 0 saturated carbocycles. The van der Waals surface area contributed by atoms with Gasteiger partial charge < -0.3 is 14.6 Å². The molecule has 0 aliphatic carbocycles. The minimum atomic E-state index is -0.0513. The number of hydrogen-bond acceptors (Lipinski definition) is 3. The molecule has 0 fully saturated rings. The maximum atomic E-state index is 10.1. The summed E-state index contributed by atoms with van der Waals surface area (Å²) < 4.78 is 5.91. The molecule has 269 valence electrons. The number of rotatable bonds is 8. The van der Waals surface area contributed by atoms with Gasteiger partial charge in [0.05, 0.1) is 5.69 Å². The molecule has 0 unspecified atom stereocenters. The molecule has 0 amide bonds. The van der Waals surface area contributed by atoms with Gasteiger partial charge in [0, 0.05) is 28.6 Å². The quantitative estimate of drug-likeness (QED) is 0.159. The van der Waals surface area contributed by atoms with Crippen LogP contribution in [0, 0.1) is 0 Å². The second kappa shape index (κ2) is 14.5. The normalized spacial score (nSPS) is 12.2. The molecule has 0 atom stereocenters. The topological polar surface area (TPSA) is 32.7 Å². The molecule has 55 heavy (non-hydrogen) atoms. The molecule has 1 aliphatic rings. The monoisotopic (exact) mass is 714 g/mol. The van der Waals surface area contributed by atoms with Crippen LogP contribution in [0.1, 0.15) is 52.7 Å². The SMILES string of the molecule is CC(C)(C)c1ccc2c(c1)-c1cc(C(C)(C)C)ccc1B2c1cc(O[B]O)cc(N(c2ccccc2)c2c(-c3ccccc3)cccc2-c2ccccc2)c1. The molecule has 1 radical (unpaired) electrons. The zero-order valence-electron chi connectivity index (χ0n) is 32.5. The van der Waals surface area contributed by atoms with E-state index >= 15 is 0 Å². The summed E-state index contributed by atoms with van der Waals surface area (Å²) >= 11 is 0. The molecule has 0 aromatic heterocycles. The van der Waals surface area contributed by atoms with Crippen molar-refractivity contribution >= 4 is 47.8 Å². The summed E-state index contributed by atoms with van der Waals surface area (Å²) in [7, 11) is 0.783. The predicted molar refractivity (Wildman–Crippen MR) is 235 cm³/mol. The molecule has 1 heterocycles. The van der Waals surface area contributed by atoms with Crippen LogP contribution in [0.15, 0.2) is 164 Å². The number of para-hydroxylation sites is 2. The van der Waals surface area contributed by atoms with Gasteiger partial charge in [-0.15, -0.1) is 0 Å². The Hall–Kier alpha value is -5.77. The van der Waals surface area contributed by atoms with Crippen LogP contribution < -0.4 is 25.9 Å². The molecule has 7 aromatic carbocycles. The van der Waals surface area contributed by atoms with Gasteiger partial charge in [-0.05, 0) is 68.5 Å². The molecular formula is C50H46B2NO2. The Balaban J connectivity index is 1.41. The maximum absolute atomic E-state index is 10.1. The van der Waals surface area contributed by atoms with Crippen molar-refractivity contribution in [1.29, 1.82) is 0 Å². The molecule has 8 rings (SSSR count). The fourth-order valence-corrected chi connectivity index (χ4v) is 8.04. The Morgan fingerprint density at radius 3 is 1.45 bits per heavy atom. The lowest BCUT2D eigenvalue weighted by atomic mass is 9.39. The van der Waals surface area contributed by atoms with Crippen LogP contribution >= 0.6 is 0 Å². The highest BCUT2D eigenvalue weighted by Gasteiger charge is 2.36. The van der Waals surface area contributed by atoms with Gasteiger partial charge in [0.25, 0.3) is 0 Å². The minimum Gasteiger partial charge on any atom is -0.537 e. The van der Waals surface area contributed by atoms with Crippen molar-refractivity contribution in [2.75, 3.05) is 4.90 Å². The second-order valence-corrected chi connectivity index (χ2v) is 16.6. The first-order valence-electron chi connectivity index (χ1n) is 19.2. The Kier molecular flexibility index (Phi) is 9.53. The van der Waals surface area contributed by atoms with Crippen molar-refractivity contribution in [3.63, 3.8) is 0 Å². The van der Waals surface area contributed by atoms with Crippen molar-refractivity contribution in [2.24, 2.45) is 0 Å². The molecule has 0 saturated heterocycles. The van der Waals surface area contributed by atoms with E-state index in [1.807, 2.05) is 6.07 Å². The van der Waals surface area contributed by atoms with Crippen LogP contribution in [-0.4, -0.2) is 19.4 Å². The standard InChI is InChI=1S/C50H46B2NO2/c1-49(2,3)36-25-27-46-44(29-36)45-30-37(50(4,5)6)26-28-47(45)52(46)38-31-40(33-41(32-38)55-51-54)53(39-21-14-9-15-22-39)48-42(34-17-10-7-11-18-34)23-16-24-43(48)35-19-12-8-13-20-35/h7-33,54H,1-6H3. The van der Waals surface area contributed by atoms with E-state index in [-0.39, 0.29) is 17.5 Å². The molecule has 3 nitrogen and oxygen atoms in total. The zero-order chi connectivity index (χ0) is 38.3. The molecular weight excluding hydrogens is 668 g/mol. The number of hydrogen-bond donors (Lipinski definition) is 1. The minimum absolute atomic E-state index is 0.00555. The highest BCUT2D eigenvalue weighted by atomic mass is 16.5. The summed E-state index contributed by atoms with van der Waals surface area (Å²) in [5.74, 6) is 0.557. The summed E-state index contributed by atoms with van der Waals surface area (Å²) in [4.78, 5) is 2.35. The number of fused-ring (bicyclic) bond motifs is 3. The average Bonchev–Trinajstić information content (AvgIpc) is 3.52. The van der Waals surface area contributed by atoms with Gasteiger partial charge >= 0.3 is 7.69 Å². The van der Waals surface area contributed by atoms with E-state index in [1.165, 1.54) is 33.2 Å². The van der Waals surface area contributed by atoms with Gasteiger partial charge in [0.1, 0.15) is 5.75 Å². The number of benzene rings is 7. The van der Waals surface area contributed by atoms with Crippen molar-refractivity contribution in [3.8, 4) is 39.1 Å². The molecule has 0 spiro atoms. The Bertz CT molecular complexity index is 2350. The van der Waals surface area contributed by atoms with E-state index < -0.39 is 0 Å². The second-order valence-electron chi connectivity index (χ2n) is 16.6. The summed E-state index contributed by atoms with van der Waals surface area (Å²) in [6, 6.07) is 58.8. The highest BCUT2D eigenvalue weighted by Crippen LogP contribution is 2.47. The molecule has 7 aromatic rings. The first kappa shape index (κ1) is 36.2. The van der Waals surface area contributed by atoms with Crippen LogP contribution in [-0.2, 0) is 10.8 Å². The summed E-state index contributed by atoms with van der Waals surface area (Å²) in [5, 5.41) is 10.1.